The average molecular weight is 338 g/mol. The molecular formula is C19H18N2O4. The number of carbonyl (C=O) groups is 1. The molecule has 0 atom stereocenters. The van der Waals surface area contributed by atoms with Crippen molar-refractivity contribution in [2.45, 2.75) is 6.92 Å². The second-order valence-electron chi connectivity index (χ2n) is 5.31. The summed E-state index contributed by atoms with van der Waals surface area (Å²) in [5, 5.41) is 2.79. The molecule has 0 fully saturated rings. The number of nitrogens with one attached hydrogen (secondary N) is 1. The van der Waals surface area contributed by atoms with E-state index in [1.54, 1.807) is 32.2 Å². The Labute approximate surface area is 145 Å². The summed E-state index contributed by atoms with van der Waals surface area (Å²) in [5.74, 6) is 1.63. The molecule has 0 unspecified atom stereocenters. The Morgan fingerprint density at radius 1 is 1.04 bits per heavy atom. The number of aryl methyl sites for hydroxylation is 1. The van der Waals surface area contributed by atoms with Gasteiger partial charge in [0.1, 0.15) is 5.76 Å². The molecule has 3 aromatic rings. The van der Waals surface area contributed by atoms with Gasteiger partial charge in [0.15, 0.2) is 17.2 Å². The van der Waals surface area contributed by atoms with Gasteiger partial charge >= 0.3 is 0 Å². The Kier molecular flexibility index (Phi) is 4.70. The third-order valence-corrected chi connectivity index (χ3v) is 3.67. The van der Waals surface area contributed by atoms with Crippen LogP contribution in [0.2, 0.25) is 0 Å². The number of hydrogen-bond acceptors (Lipinski definition) is 5. The number of aromatic nitrogens is 1. The first-order valence-corrected chi connectivity index (χ1v) is 7.68. The van der Waals surface area contributed by atoms with Crippen molar-refractivity contribution in [3.63, 3.8) is 0 Å². The molecule has 128 valence electrons. The first kappa shape index (κ1) is 16.6. The smallest absolute Gasteiger partial charge is 0.277 e. The zero-order valence-electron chi connectivity index (χ0n) is 14.2. The van der Waals surface area contributed by atoms with Crippen molar-refractivity contribution in [2.24, 2.45) is 0 Å². The monoisotopic (exact) mass is 338 g/mol. The Morgan fingerprint density at radius 2 is 1.76 bits per heavy atom. The van der Waals surface area contributed by atoms with Gasteiger partial charge in [0.05, 0.1) is 14.2 Å². The third-order valence-electron chi connectivity index (χ3n) is 3.67. The van der Waals surface area contributed by atoms with Crippen LogP contribution in [-0.2, 0) is 0 Å². The topological polar surface area (TPSA) is 73.6 Å². The summed E-state index contributed by atoms with van der Waals surface area (Å²) in [5.41, 5.74) is 1.63. The van der Waals surface area contributed by atoms with Crippen LogP contribution < -0.4 is 14.8 Å². The van der Waals surface area contributed by atoms with Crippen LogP contribution in [0.5, 0.6) is 11.5 Å². The molecule has 0 aliphatic carbocycles. The zero-order valence-corrected chi connectivity index (χ0v) is 14.2. The lowest BCUT2D eigenvalue weighted by atomic mass is 10.2. The van der Waals surface area contributed by atoms with E-state index < -0.39 is 0 Å². The maximum Gasteiger partial charge on any atom is 0.277 e. The third kappa shape index (κ3) is 3.47. The molecule has 6 heteroatoms. The molecule has 0 radical (unpaired) electrons. The van der Waals surface area contributed by atoms with E-state index in [1.165, 1.54) is 7.11 Å². The first-order valence-electron chi connectivity index (χ1n) is 7.68. The number of oxazole rings is 1. The lowest BCUT2D eigenvalue weighted by Gasteiger charge is -2.10. The van der Waals surface area contributed by atoms with Crippen molar-refractivity contribution in [1.29, 1.82) is 0 Å². The van der Waals surface area contributed by atoms with Gasteiger partial charge < -0.3 is 19.2 Å². The van der Waals surface area contributed by atoms with Gasteiger partial charge in [-0.3, -0.25) is 4.79 Å². The molecule has 0 aliphatic heterocycles. The van der Waals surface area contributed by atoms with Gasteiger partial charge in [0.2, 0.25) is 5.89 Å². The Balaban J connectivity index is 1.83. The van der Waals surface area contributed by atoms with Crippen LogP contribution in [-0.4, -0.2) is 25.1 Å². The highest BCUT2D eigenvalue weighted by atomic mass is 16.5. The predicted octanol–water partition coefficient (Wildman–Crippen LogP) is 3.92. The molecule has 1 heterocycles. The molecule has 1 amide bonds. The number of rotatable bonds is 5. The van der Waals surface area contributed by atoms with Crippen LogP contribution >= 0.6 is 0 Å². The van der Waals surface area contributed by atoms with Gasteiger partial charge in [0, 0.05) is 17.3 Å². The lowest BCUT2D eigenvalue weighted by molar-refractivity contribution is 0.102. The summed E-state index contributed by atoms with van der Waals surface area (Å²) in [6, 6.07) is 14.6. The van der Waals surface area contributed by atoms with E-state index in [2.05, 4.69) is 10.3 Å². The van der Waals surface area contributed by atoms with E-state index >= 15 is 0 Å². The van der Waals surface area contributed by atoms with Crippen molar-refractivity contribution in [3.05, 3.63) is 60.0 Å². The van der Waals surface area contributed by atoms with Crippen LogP contribution in [0, 0.1) is 6.92 Å². The Morgan fingerprint density at radius 3 is 2.44 bits per heavy atom. The van der Waals surface area contributed by atoms with E-state index in [0.717, 1.165) is 5.56 Å². The van der Waals surface area contributed by atoms with Gasteiger partial charge in [-0.25, -0.2) is 4.98 Å². The highest BCUT2D eigenvalue weighted by Crippen LogP contribution is 2.30. The molecule has 0 aliphatic rings. The molecule has 3 rings (SSSR count). The standard InChI is InChI=1S/C19H18N2O4/c1-12-17(21-19(25-12)13-7-5-4-6-8-13)18(22)20-14-9-10-15(23-2)16(11-14)24-3/h4-11H,1-3H3,(H,20,22). The SMILES string of the molecule is COc1ccc(NC(=O)c2nc(-c3ccccc3)oc2C)cc1OC. The number of hydrogen-bond donors (Lipinski definition) is 1. The fourth-order valence-corrected chi connectivity index (χ4v) is 2.42. The summed E-state index contributed by atoms with van der Waals surface area (Å²) in [4.78, 5) is 16.8. The van der Waals surface area contributed by atoms with Crippen LogP contribution in [0.1, 0.15) is 16.2 Å². The largest absolute Gasteiger partial charge is 0.493 e. The van der Waals surface area contributed by atoms with E-state index in [9.17, 15) is 4.79 Å². The average Bonchev–Trinajstić information content (AvgIpc) is 3.04. The second-order valence-corrected chi connectivity index (χ2v) is 5.31. The minimum Gasteiger partial charge on any atom is -0.493 e. The number of amides is 1. The number of ether oxygens (including phenoxy) is 2. The molecule has 2 aromatic carbocycles. The summed E-state index contributed by atoms with van der Waals surface area (Å²) in [7, 11) is 3.09. The first-order chi connectivity index (χ1) is 12.1. The van der Waals surface area contributed by atoms with E-state index in [0.29, 0.717) is 28.8 Å². The highest BCUT2D eigenvalue weighted by Gasteiger charge is 2.18. The van der Waals surface area contributed by atoms with E-state index in [-0.39, 0.29) is 11.6 Å². The Bertz CT molecular complexity index is 888. The molecular weight excluding hydrogens is 320 g/mol. The molecule has 0 spiro atoms. The number of benzene rings is 2. The van der Waals surface area contributed by atoms with E-state index in [4.69, 9.17) is 13.9 Å². The van der Waals surface area contributed by atoms with Crippen molar-refractivity contribution in [1.82, 2.24) is 4.98 Å². The van der Waals surface area contributed by atoms with Gasteiger partial charge in [-0.2, -0.15) is 0 Å². The summed E-state index contributed by atoms with van der Waals surface area (Å²) < 4.78 is 16.1. The second kappa shape index (κ2) is 7.09. The van der Waals surface area contributed by atoms with Crippen LogP contribution in [0.4, 0.5) is 5.69 Å². The van der Waals surface area contributed by atoms with Gasteiger partial charge in [-0.05, 0) is 31.2 Å². The molecule has 1 aromatic heterocycles. The van der Waals surface area contributed by atoms with Gasteiger partial charge in [-0.1, -0.05) is 18.2 Å². The number of methoxy groups -OCH3 is 2. The van der Waals surface area contributed by atoms with Gasteiger partial charge in [-0.15, -0.1) is 0 Å². The maximum atomic E-state index is 12.5. The number of nitrogens with zero attached hydrogens (tertiary/aromatic N) is 1. The normalized spacial score (nSPS) is 10.4. The van der Waals surface area contributed by atoms with Gasteiger partial charge in [0.25, 0.3) is 5.91 Å². The van der Waals surface area contributed by atoms with Crippen molar-refractivity contribution in [3.8, 4) is 23.0 Å². The van der Waals surface area contributed by atoms with Crippen molar-refractivity contribution < 1.29 is 18.7 Å². The minimum absolute atomic E-state index is 0.244. The summed E-state index contributed by atoms with van der Waals surface area (Å²) in [6.45, 7) is 1.71. The molecule has 0 saturated heterocycles. The van der Waals surface area contributed by atoms with E-state index in [1.807, 2.05) is 30.3 Å². The highest BCUT2D eigenvalue weighted by molar-refractivity contribution is 6.04. The van der Waals surface area contributed by atoms with Crippen LogP contribution in [0.15, 0.2) is 52.9 Å². The zero-order chi connectivity index (χ0) is 17.8. The molecule has 1 N–H and O–H groups in total. The fourth-order valence-electron chi connectivity index (χ4n) is 2.42. The molecule has 0 saturated carbocycles. The Hall–Kier alpha value is -3.28. The maximum absolute atomic E-state index is 12.5. The summed E-state index contributed by atoms with van der Waals surface area (Å²) >= 11 is 0. The van der Waals surface area contributed by atoms with Crippen LogP contribution in [0.3, 0.4) is 0 Å². The fraction of sp³-hybridized carbons (Fsp3) is 0.158. The molecule has 0 bridgehead atoms. The molecule has 6 nitrogen and oxygen atoms in total. The quantitative estimate of drug-likeness (QED) is 0.763. The summed E-state index contributed by atoms with van der Waals surface area (Å²) in [6.07, 6.45) is 0. The number of anilines is 1. The predicted molar refractivity (Wildman–Crippen MR) is 94.2 cm³/mol. The lowest BCUT2D eigenvalue weighted by Crippen LogP contribution is -2.13. The van der Waals surface area contributed by atoms with Crippen molar-refractivity contribution in [2.75, 3.05) is 19.5 Å². The van der Waals surface area contributed by atoms with Crippen LogP contribution in [0.25, 0.3) is 11.5 Å². The number of carbonyl (C=O) groups excluding carboxylic acids is 1. The minimum atomic E-state index is -0.351. The molecule has 25 heavy (non-hydrogen) atoms. The van der Waals surface area contributed by atoms with Crippen molar-refractivity contribution >= 4 is 11.6 Å².